The molecule has 2 N–H and O–H groups in total. The number of carbonyl (C=O) groups is 2. The summed E-state index contributed by atoms with van der Waals surface area (Å²) < 4.78 is 0. The maximum Gasteiger partial charge on any atom is 0.300 e. The zero-order chi connectivity index (χ0) is 23.7. The lowest BCUT2D eigenvalue weighted by Gasteiger charge is -2.27. The smallest absolute Gasteiger partial charge is 0.300 e. The van der Waals surface area contributed by atoms with Gasteiger partial charge in [0.1, 0.15) is 0 Å². The van der Waals surface area contributed by atoms with E-state index in [0.717, 1.165) is 26.4 Å². The minimum absolute atomic E-state index is 0.156. The van der Waals surface area contributed by atoms with Gasteiger partial charge in [0.2, 0.25) is 5.91 Å². The minimum atomic E-state index is -0.833. The third-order valence-electron chi connectivity index (χ3n) is 5.74. The lowest BCUT2D eigenvalue weighted by molar-refractivity contribution is -0.134. The van der Waals surface area contributed by atoms with Gasteiger partial charge in [-0.1, -0.05) is 111 Å². The molecule has 0 aromatic heterocycles. The second kappa shape index (κ2) is 25.2. The Morgan fingerprint density at radius 1 is 0.710 bits per heavy atom. The molecule has 0 bridgehead atoms. The highest BCUT2D eigenvalue weighted by atomic mass is 16.4. The number of amides is 1. The van der Waals surface area contributed by atoms with Crippen molar-refractivity contribution < 1.29 is 14.7 Å². The number of carboxylic acids is 1. The Morgan fingerprint density at radius 3 is 1.35 bits per heavy atom. The Labute approximate surface area is 193 Å². The summed E-state index contributed by atoms with van der Waals surface area (Å²) in [6.45, 7) is 11.7. The number of aliphatic carboxylic acids is 1. The Bertz CT molecular complexity index is 394. The summed E-state index contributed by atoms with van der Waals surface area (Å²) in [5, 5.41) is 10.5. The molecule has 0 aromatic carbocycles. The molecule has 0 fully saturated rings. The quantitative estimate of drug-likeness (QED) is 0.155. The van der Waals surface area contributed by atoms with Crippen molar-refractivity contribution in [1.82, 2.24) is 10.2 Å². The topological polar surface area (TPSA) is 69.6 Å². The molecule has 0 heterocycles. The molecule has 0 aliphatic heterocycles. The second-order valence-electron chi connectivity index (χ2n) is 8.68. The van der Waals surface area contributed by atoms with Gasteiger partial charge in [-0.15, -0.1) is 0 Å². The van der Waals surface area contributed by atoms with Crippen LogP contribution in [0, 0.1) is 0 Å². The van der Waals surface area contributed by atoms with Gasteiger partial charge in [0.05, 0.1) is 6.17 Å². The average molecular weight is 443 g/mol. The van der Waals surface area contributed by atoms with E-state index in [1.54, 1.807) is 0 Å². The van der Waals surface area contributed by atoms with Crippen LogP contribution in [0.1, 0.15) is 137 Å². The number of nitrogens with one attached hydrogen (secondary N) is 1. The first-order valence-electron chi connectivity index (χ1n) is 13.1. The van der Waals surface area contributed by atoms with Gasteiger partial charge in [-0.25, -0.2) is 0 Å². The number of carboxylic acid groups (broad SMARTS) is 1. The molecule has 1 amide bonds. The molecule has 1 atom stereocenters. The van der Waals surface area contributed by atoms with E-state index < -0.39 is 5.97 Å². The first-order chi connectivity index (χ1) is 14.9. The van der Waals surface area contributed by atoms with Gasteiger partial charge in [-0.05, 0) is 26.4 Å². The molecule has 0 radical (unpaired) electrons. The van der Waals surface area contributed by atoms with Crippen LogP contribution in [0.4, 0.5) is 0 Å². The van der Waals surface area contributed by atoms with Gasteiger partial charge < -0.3 is 10.4 Å². The van der Waals surface area contributed by atoms with E-state index >= 15 is 0 Å². The molecule has 186 valence electrons. The number of hydrogen-bond acceptors (Lipinski definition) is 3. The van der Waals surface area contributed by atoms with Crippen molar-refractivity contribution >= 4 is 11.9 Å². The Hall–Kier alpha value is -1.10. The van der Waals surface area contributed by atoms with Crippen LogP contribution in [0.15, 0.2) is 0 Å². The van der Waals surface area contributed by atoms with Crippen molar-refractivity contribution in [2.24, 2.45) is 0 Å². The maximum absolute atomic E-state index is 12.0. The lowest BCUT2D eigenvalue weighted by atomic mass is 10.0. The zero-order valence-electron chi connectivity index (χ0n) is 21.5. The van der Waals surface area contributed by atoms with E-state index in [4.69, 9.17) is 9.90 Å². The molecule has 0 aromatic rings. The van der Waals surface area contributed by atoms with Crippen LogP contribution in [-0.4, -0.2) is 41.1 Å². The SMILES string of the molecule is CC(=O)O.CCCCCCCCCCCCCCCCCC(=O)NC(C)N(CC)CC. The van der Waals surface area contributed by atoms with Gasteiger partial charge >= 0.3 is 0 Å². The molecular formula is C26H54N2O3. The lowest BCUT2D eigenvalue weighted by Crippen LogP contribution is -2.45. The fourth-order valence-corrected chi connectivity index (χ4v) is 3.82. The first kappa shape index (κ1) is 32.1. The molecule has 0 rings (SSSR count). The Morgan fingerprint density at radius 2 is 1.03 bits per heavy atom. The van der Waals surface area contributed by atoms with Crippen LogP contribution in [0.3, 0.4) is 0 Å². The summed E-state index contributed by atoms with van der Waals surface area (Å²) in [4.78, 5) is 23.3. The van der Waals surface area contributed by atoms with Crippen LogP contribution < -0.4 is 5.32 Å². The highest BCUT2D eigenvalue weighted by molar-refractivity contribution is 5.76. The van der Waals surface area contributed by atoms with E-state index in [0.29, 0.717) is 6.42 Å². The molecule has 0 saturated heterocycles. The molecule has 0 aliphatic rings. The standard InChI is InChI=1S/C24H50N2O.C2H4O2/c1-5-8-9-10-11-12-13-14-15-16-17-18-19-20-21-22-24(27)25-23(4)26(6-2)7-3;1-2(3)4/h23H,5-22H2,1-4H3,(H,25,27);1H3,(H,3,4). The van der Waals surface area contributed by atoms with Crippen LogP contribution in [-0.2, 0) is 9.59 Å². The van der Waals surface area contributed by atoms with Crippen molar-refractivity contribution in [3.8, 4) is 0 Å². The minimum Gasteiger partial charge on any atom is -0.481 e. The average Bonchev–Trinajstić information content (AvgIpc) is 2.71. The van der Waals surface area contributed by atoms with Crippen LogP contribution in [0.2, 0.25) is 0 Å². The summed E-state index contributed by atoms with van der Waals surface area (Å²) in [5.74, 6) is -0.621. The second-order valence-corrected chi connectivity index (χ2v) is 8.68. The predicted molar refractivity (Wildman–Crippen MR) is 133 cm³/mol. The summed E-state index contributed by atoms with van der Waals surface area (Å²) in [7, 11) is 0. The summed E-state index contributed by atoms with van der Waals surface area (Å²) in [5.41, 5.74) is 0. The molecule has 5 nitrogen and oxygen atoms in total. The fraction of sp³-hybridized carbons (Fsp3) is 0.923. The molecule has 1 unspecified atom stereocenters. The van der Waals surface area contributed by atoms with Gasteiger partial charge in [-0.3, -0.25) is 14.5 Å². The Balaban J connectivity index is 0. The molecule has 5 heteroatoms. The zero-order valence-corrected chi connectivity index (χ0v) is 21.5. The van der Waals surface area contributed by atoms with Crippen LogP contribution in [0.5, 0.6) is 0 Å². The van der Waals surface area contributed by atoms with Crippen molar-refractivity contribution in [2.45, 2.75) is 144 Å². The van der Waals surface area contributed by atoms with Gasteiger partial charge in [0, 0.05) is 13.3 Å². The number of hydrogen-bond donors (Lipinski definition) is 2. The van der Waals surface area contributed by atoms with Crippen molar-refractivity contribution in [2.75, 3.05) is 13.1 Å². The predicted octanol–water partition coefficient (Wildman–Crippen LogP) is 7.14. The molecule has 0 spiro atoms. The fourth-order valence-electron chi connectivity index (χ4n) is 3.82. The van der Waals surface area contributed by atoms with Crippen LogP contribution in [0.25, 0.3) is 0 Å². The molecule has 0 saturated carbocycles. The van der Waals surface area contributed by atoms with Gasteiger partial charge in [-0.2, -0.15) is 0 Å². The van der Waals surface area contributed by atoms with Crippen LogP contribution >= 0.6 is 0 Å². The highest BCUT2D eigenvalue weighted by Crippen LogP contribution is 2.13. The van der Waals surface area contributed by atoms with E-state index in [2.05, 4.69) is 37.9 Å². The first-order valence-corrected chi connectivity index (χ1v) is 13.1. The van der Waals surface area contributed by atoms with E-state index in [1.807, 2.05) is 0 Å². The third kappa shape index (κ3) is 26.9. The van der Waals surface area contributed by atoms with E-state index in [9.17, 15) is 4.79 Å². The summed E-state index contributed by atoms with van der Waals surface area (Å²) >= 11 is 0. The largest absolute Gasteiger partial charge is 0.481 e. The van der Waals surface area contributed by atoms with Crippen molar-refractivity contribution in [3.05, 3.63) is 0 Å². The van der Waals surface area contributed by atoms with Gasteiger partial charge in [0.25, 0.3) is 5.97 Å². The number of rotatable bonds is 20. The van der Waals surface area contributed by atoms with Crippen molar-refractivity contribution in [1.29, 1.82) is 0 Å². The normalized spacial score (nSPS) is 11.7. The Kier molecular flexibility index (Phi) is 26.0. The number of unbranched alkanes of at least 4 members (excludes halogenated alkanes) is 14. The maximum atomic E-state index is 12.0. The highest BCUT2D eigenvalue weighted by Gasteiger charge is 2.12. The summed E-state index contributed by atoms with van der Waals surface area (Å²) in [6, 6.07) is 0. The number of carbonyl (C=O) groups excluding carboxylic acids is 1. The monoisotopic (exact) mass is 442 g/mol. The number of nitrogens with zero attached hydrogens (tertiary/aromatic N) is 1. The summed E-state index contributed by atoms with van der Waals surface area (Å²) in [6.07, 6.45) is 21.3. The van der Waals surface area contributed by atoms with E-state index in [1.165, 1.54) is 89.9 Å². The molecule has 31 heavy (non-hydrogen) atoms. The molecular weight excluding hydrogens is 388 g/mol. The van der Waals surface area contributed by atoms with Crippen molar-refractivity contribution in [3.63, 3.8) is 0 Å². The van der Waals surface area contributed by atoms with E-state index in [-0.39, 0.29) is 12.1 Å². The molecule has 0 aliphatic carbocycles. The third-order valence-corrected chi connectivity index (χ3v) is 5.74. The van der Waals surface area contributed by atoms with Gasteiger partial charge in [0.15, 0.2) is 0 Å².